The summed E-state index contributed by atoms with van der Waals surface area (Å²) in [5.41, 5.74) is -0.226. The van der Waals surface area contributed by atoms with E-state index in [-0.39, 0.29) is 11.2 Å². The van der Waals surface area contributed by atoms with Crippen molar-refractivity contribution >= 4 is 12.0 Å². The third-order valence-electron chi connectivity index (χ3n) is 1.39. The van der Waals surface area contributed by atoms with Gasteiger partial charge in [-0.15, -0.1) is 0 Å². The lowest BCUT2D eigenvalue weighted by molar-refractivity contribution is -0.123. The van der Waals surface area contributed by atoms with Crippen LogP contribution in [0.3, 0.4) is 0 Å². The minimum absolute atomic E-state index is 0.000000000000000222. The standard InChI is InChI=1S/C8H12N2O3/c1-8(2,3)4-5-6(11)10(9)7(12)13-5/h4H,9H2,1-3H3/b5-4-. The van der Waals surface area contributed by atoms with Gasteiger partial charge in [0.25, 0.3) is 0 Å². The number of nitrogens with two attached hydrogens (primary N) is 1. The SMILES string of the molecule is CC(C)(C)/C=C1\OC(=O)N(N)C1=O. The summed E-state index contributed by atoms with van der Waals surface area (Å²) >= 11 is 0. The summed E-state index contributed by atoms with van der Waals surface area (Å²) in [6.07, 6.45) is 0.737. The second kappa shape index (κ2) is 2.85. The van der Waals surface area contributed by atoms with Crippen LogP contribution < -0.4 is 5.84 Å². The van der Waals surface area contributed by atoms with Crippen molar-refractivity contribution < 1.29 is 14.3 Å². The molecule has 13 heavy (non-hydrogen) atoms. The molecule has 1 rings (SSSR count). The first-order valence-corrected chi connectivity index (χ1v) is 3.85. The van der Waals surface area contributed by atoms with E-state index in [9.17, 15) is 9.59 Å². The van der Waals surface area contributed by atoms with Crippen molar-refractivity contribution in [2.45, 2.75) is 20.8 Å². The quantitative estimate of drug-likeness (QED) is 0.343. The number of hydrazine groups is 1. The molecule has 1 saturated heterocycles. The van der Waals surface area contributed by atoms with Crippen LogP contribution in [0.15, 0.2) is 11.8 Å². The topological polar surface area (TPSA) is 72.6 Å². The molecule has 1 heterocycles. The zero-order valence-corrected chi connectivity index (χ0v) is 7.83. The number of imide groups is 1. The van der Waals surface area contributed by atoms with Gasteiger partial charge in [-0.1, -0.05) is 20.8 Å². The molecule has 0 saturated carbocycles. The molecule has 72 valence electrons. The van der Waals surface area contributed by atoms with E-state index in [1.165, 1.54) is 0 Å². The molecule has 0 aliphatic carbocycles. The molecule has 0 aromatic carbocycles. The van der Waals surface area contributed by atoms with Gasteiger partial charge in [0.1, 0.15) is 0 Å². The van der Waals surface area contributed by atoms with Gasteiger partial charge in [0.05, 0.1) is 0 Å². The number of carbonyl (C=O) groups is 2. The largest absolute Gasteiger partial charge is 0.437 e. The molecule has 5 nitrogen and oxygen atoms in total. The molecule has 1 fully saturated rings. The van der Waals surface area contributed by atoms with Crippen LogP contribution >= 0.6 is 0 Å². The zero-order valence-electron chi connectivity index (χ0n) is 7.83. The molecule has 2 amide bonds. The van der Waals surface area contributed by atoms with Crippen LogP contribution in [0, 0.1) is 5.41 Å². The Morgan fingerprint density at radius 1 is 1.38 bits per heavy atom. The summed E-state index contributed by atoms with van der Waals surface area (Å²) < 4.78 is 4.64. The van der Waals surface area contributed by atoms with Crippen molar-refractivity contribution in [1.82, 2.24) is 5.01 Å². The number of rotatable bonds is 0. The molecule has 0 aromatic heterocycles. The predicted molar refractivity (Wildman–Crippen MR) is 45.1 cm³/mol. The van der Waals surface area contributed by atoms with E-state index in [0.29, 0.717) is 5.01 Å². The third-order valence-corrected chi connectivity index (χ3v) is 1.39. The first-order valence-electron chi connectivity index (χ1n) is 3.85. The summed E-state index contributed by atoms with van der Waals surface area (Å²) in [5, 5.41) is 0.456. The van der Waals surface area contributed by atoms with Gasteiger partial charge in [-0.2, -0.15) is 5.01 Å². The molecular weight excluding hydrogens is 172 g/mol. The number of hydrogen-bond donors (Lipinski definition) is 1. The number of cyclic esters (lactones) is 1. The fraction of sp³-hybridized carbons (Fsp3) is 0.500. The van der Waals surface area contributed by atoms with E-state index in [2.05, 4.69) is 4.74 Å². The number of hydrogen-bond acceptors (Lipinski definition) is 4. The minimum atomic E-state index is -0.833. The van der Waals surface area contributed by atoms with E-state index >= 15 is 0 Å². The highest BCUT2D eigenvalue weighted by molar-refractivity contribution is 6.06. The number of ether oxygens (including phenoxy) is 1. The fourth-order valence-electron chi connectivity index (χ4n) is 0.873. The molecule has 0 atom stereocenters. The maximum Gasteiger partial charge on any atom is 0.437 e. The van der Waals surface area contributed by atoms with Gasteiger partial charge in [0, 0.05) is 0 Å². The summed E-state index contributed by atoms with van der Waals surface area (Å²) in [6.45, 7) is 5.67. The van der Waals surface area contributed by atoms with E-state index in [4.69, 9.17) is 5.84 Å². The fourth-order valence-corrected chi connectivity index (χ4v) is 0.873. The average molecular weight is 184 g/mol. The van der Waals surface area contributed by atoms with Gasteiger partial charge in [-0.05, 0) is 11.5 Å². The van der Waals surface area contributed by atoms with Crippen molar-refractivity contribution in [3.05, 3.63) is 11.8 Å². The summed E-state index contributed by atoms with van der Waals surface area (Å²) in [5.74, 6) is 4.50. The molecule has 0 unspecified atom stereocenters. The summed E-state index contributed by atoms with van der Waals surface area (Å²) in [4.78, 5) is 22.0. The number of carbonyl (C=O) groups excluding carboxylic acids is 2. The molecule has 0 aromatic rings. The average Bonchev–Trinajstić information content (AvgIpc) is 2.15. The molecule has 0 spiro atoms. The van der Waals surface area contributed by atoms with Crippen molar-refractivity contribution in [2.24, 2.45) is 11.3 Å². The smallest absolute Gasteiger partial charge is 0.403 e. The lowest BCUT2D eigenvalue weighted by Gasteiger charge is -2.11. The first-order chi connectivity index (χ1) is 5.81. The normalized spacial score (nSPS) is 21.2. The molecule has 0 radical (unpaired) electrons. The molecule has 0 bridgehead atoms. The summed E-state index contributed by atoms with van der Waals surface area (Å²) in [6, 6.07) is 0. The molecule has 2 N–H and O–H groups in total. The molecule has 5 heteroatoms. The Balaban J connectivity index is 2.92. The lowest BCUT2D eigenvalue weighted by Crippen LogP contribution is -2.35. The number of amides is 2. The van der Waals surface area contributed by atoms with Crippen LogP contribution in [0.4, 0.5) is 4.79 Å². The van der Waals surface area contributed by atoms with E-state index in [1.807, 2.05) is 20.8 Å². The first kappa shape index (κ1) is 9.73. The number of nitrogens with zero attached hydrogens (tertiary/aromatic N) is 1. The maximum absolute atomic E-state index is 11.2. The number of allylic oxidation sites excluding steroid dienone is 1. The minimum Gasteiger partial charge on any atom is -0.403 e. The van der Waals surface area contributed by atoms with Crippen LogP contribution in [-0.2, 0) is 9.53 Å². The molecule has 1 aliphatic heterocycles. The Labute approximate surface area is 76.1 Å². The second-order valence-corrected chi connectivity index (χ2v) is 3.92. The van der Waals surface area contributed by atoms with Gasteiger partial charge in [0.2, 0.25) is 0 Å². The van der Waals surface area contributed by atoms with Crippen molar-refractivity contribution in [3.63, 3.8) is 0 Å². The van der Waals surface area contributed by atoms with E-state index in [1.54, 1.807) is 6.08 Å². The molecule has 1 aliphatic rings. The van der Waals surface area contributed by atoms with Crippen molar-refractivity contribution in [1.29, 1.82) is 0 Å². The van der Waals surface area contributed by atoms with E-state index in [0.717, 1.165) is 0 Å². The lowest BCUT2D eigenvalue weighted by atomic mass is 9.96. The van der Waals surface area contributed by atoms with Crippen molar-refractivity contribution in [3.8, 4) is 0 Å². The maximum atomic E-state index is 11.2. The van der Waals surface area contributed by atoms with Gasteiger partial charge >= 0.3 is 12.0 Å². The second-order valence-electron chi connectivity index (χ2n) is 3.92. The van der Waals surface area contributed by atoms with Crippen LogP contribution in [0.2, 0.25) is 0 Å². The predicted octanol–water partition coefficient (Wildman–Crippen LogP) is 0.769. The Bertz CT molecular complexity index is 288. The van der Waals surface area contributed by atoms with Gasteiger partial charge in [-0.3, -0.25) is 4.79 Å². The van der Waals surface area contributed by atoms with Gasteiger partial charge < -0.3 is 4.74 Å². The Kier molecular flexibility index (Phi) is 2.13. The molecular formula is C8H12N2O3. The Hall–Kier alpha value is -1.36. The monoisotopic (exact) mass is 184 g/mol. The van der Waals surface area contributed by atoms with Crippen LogP contribution in [-0.4, -0.2) is 17.0 Å². The van der Waals surface area contributed by atoms with Crippen LogP contribution in [0.25, 0.3) is 0 Å². The van der Waals surface area contributed by atoms with Gasteiger partial charge in [-0.25, -0.2) is 10.6 Å². The van der Waals surface area contributed by atoms with E-state index < -0.39 is 12.0 Å². The van der Waals surface area contributed by atoms with Crippen molar-refractivity contribution in [2.75, 3.05) is 0 Å². The Morgan fingerprint density at radius 3 is 2.23 bits per heavy atom. The summed E-state index contributed by atoms with van der Waals surface area (Å²) in [7, 11) is 0. The van der Waals surface area contributed by atoms with Gasteiger partial charge in [0.15, 0.2) is 5.76 Å². The highest BCUT2D eigenvalue weighted by atomic mass is 16.6. The third kappa shape index (κ3) is 2.06. The highest BCUT2D eigenvalue weighted by Crippen LogP contribution is 2.22. The zero-order chi connectivity index (χ0) is 10.2. The van der Waals surface area contributed by atoms with Crippen LogP contribution in [0.5, 0.6) is 0 Å². The van der Waals surface area contributed by atoms with Crippen LogP contribution in [0.1, 0.15) is 20.8 Å². The Morgan fingerprint density at radius 2 is 1.92 bits per heavy atom. The highest BCUT2D eigenvalue weighted by Gasteiger charge is 2.35.